The minimum Gasteiger partial charge on any atom is -0.494 e. The number of rotatable bonds is 12. The molecule has 0 saturated heterocycles. The number of nitrogens with one attached hydrogen (secondary N) is 1. The smallest absolute Gasteiger partial charge is 0.294 e. The van der Waals surface area contributed by atoms with Gasteiger partial charge in [0, 0.05) is 81.8 Å². The Balaban J connectivity index is 1.62. The Morgan fingerprint density at radius 1 is 1.11 bits per heavy atom. The monoisotopic (exact) mass is 519 g/mol. The van der Waals surface area contributed by atoms with Crippen molar-refractivity contribution < 1.29 is 14.4 Å². The van der Waals surface area contributed by atoms with Crippen LogP contribution in [-0.4, -0.2) is 78.9 Å². The van der Waals surface area contributed by atoms with Crippen LogP contribution in [0.3, 0.4) is 0 Å². The largest absolute Gasteiger partial charge is 0.494 e. The van der Waals surface area contributed by atoms with Crippen LogP contribution in [0.4, 0.5) is 23.0 Å². The number of para-hydroxylation sites is 1. The summed E-state index contributed by atoms with van der Waals surface area (Å²) in [6.07, 6.45) is 3.69. The van der Waals surface area contributed by atoms with Gasteiger partial charge in [-0.3, -0.25) is 10.1 Å². The number of nitrogens with zero attached hydrogens (tertiary/aromatic N) is 6. The van der Waals surface area contributed by atoms with E-state index in [9.17, 15) is 10.1 Å². The van der Waals surface area contributed by atoms with E-state index in [0.29, 0.717) is 42.8 Å². The van der Waals surface area contributed by atoms with Crippen LogP contribution in [0.25, 0.3) is 22.2 Å². The first-order valence-corrected chi connectivity index (χ1v) is 12.2. The van der Waals surface area contributed by atoms with Crippen LogP contribution in [0.15, 0.2) is 54.9 Å². The second-order valence-electron chi connectivity index (χ2n) is 9.08. The highest BCUT2D eigenvalue weighted by atomic mass is 16.6. The first kappa shape index (κ1) is 26.8. The van der Waals surface area contributed by atoms with Gasteiger partial charge in [0.2, 0.25) is 5.95 Å². The Bertz CT molecular complexity index is 1420. The number of nitro groups is 1. The molecule has 11 heteroatoms. The van der Waals surface area contributed by atoms with Crippen molar-refractivity contribution in [3.8, 4) is 17.0 Å². The molecule has 0 spiro atoms. The van der Waals surface area contributed by atoms with Crippen molar-refractivity contribution in [1.29, 1.82) is 0 Å². The van der Waals surface area contributed by atoms with Gasteiger partial charge in [-0.05, 0) is 19.2 Å². The topological polar surface area (TPSA) is 111 Å². The highest BCUT2D eigenvalue weighted by Gasteiger charge is 2.23. The van der Waals surface area contributed by atoms with E-state index in [4.69, 9.17) is 14.5 Å². The fourth-order valence-electron chi connectivity index (χ4n) is 4.31. The van der Waals surface area contributed by atoms with Gasteiger partial charge in [0.25, 0.3) is 5.69 Å². The molecular formula is C27H33N7O4. The Morgan fingerprint density at radius 2 is 1.89 bits per heavy atom. The van der Waals surface area contributed by atoms with Gasteiger partial charge in [-0.25, -0.2) is 9.97 Å². The number of hydrogen-bond acceptors (Lipinski definition) is 9. The van der Waals surface area contributed by atoms with Crippen molar-refractivity contribution in [2.24, 2.45) is 7.05 Å². The third-order valence-corrected chi connectivity index (χ3v) is 6.47. The Morgan fingerprint density at radius 3 is 2.63 bits per heavy atom. The summed E-state index contributed by atoms with van der Waals surface area (Å²) in [4.78, 5) is 24.6. The summed E-state index contributed by atoms with van der Waals surface area (Å²) in [7, 11) is 9.00. The number of ether oxygens (including phenoxy) is 2. The minimum atomic E-state index is -0.390. The molecule has 0 aliphatic rings. The van der Waals surface area contributed by atoms with Crippen molar-refractivity contribution in [3.63, 3.8) is 0 Å². The maximum absolute atomic E-state index is 12.0. The molecule has 4 rings (SSSR count). The maximum Gasteiger partial charge on any atom is 0.294 e. The molecule has 2 aromatic heterocycles. The third kappa shape index (κ3) is 5.84. The molecule has 0 unspecified atom stereocenters. The summed E-state index contributed by atoms with van der Waals surface area (Å²) in [5.74, 6) is 0.758. The zero-order chi connectivity index (χ0) is 27.2. The summed E-state index contributed by atoms with van der Waals surface area (Å²) >= 11 is 0. The summed E-state index contributed by atoms with van der Waals surface area (Å²) in [5, 5.41) is 16.2. The number of likely N-dealkylation sites (N-methyl/N-ethyl adjacent to an activating group) is 2. The van der Waals surface area contributed by atoms with Gasteiger partial charge in [0.1, 0.15) is 11.4 Å². The first-order chi connectivity index (χ1) is 18.3. The van der Waals surface area contributed by atoms with Crippen LogP contribution < -0.4 is 15.0 Å². The summed E-state index contributed by atoms with van der Waals surface area (Å²) in [6.45, 7) is 2.70. The number of aromatic nitrogens is 3. The van der Waals surface area contributed by atoms with Crippen molar-refractivity contribution in [3.05, 3.63) is 65.0 Å². The Kier molecular flexibility index (Phi) is 8.39. The normalized spacial score (nSPS) is 11.2. The number of aryl methyl sites for hydroxylation is 1. The van der Waals surface area contributed by atoms with Gasteiger partial charge >= 0.3 is 0 Å². The fourth-order valence-corrected chi connectivity index (χ4v) is 4.31. The van der Waals surface area contributed by atoms with E-state index in [2.05, 4.69) is 31.9 Å². The Labute approximate surface area is 221 Å². The molecule has 11 nitrogen and oxygen atoms in total. The fraction of sp³-hybridized carbons (Fsp3) is 0.333. The van der Waals surface area contributed by atoms with Crippen LogP contribution in [0.2, 0.25) is 0 Å². The van der Waals surface area contributed by atoms with Crippen molar-refractivity contribution in [2.45, 2.75) is 0 Å². The lowest BCUT2D eigenvalue weighted by molar-refractivity contribution is -0.384. The number of benzene rings is 2. The zero-order valence-electron chi connectivity index (χ0n) is 22.3. The molecule has 4 aromatic rings. The van der Waals surface area contributed by atoms with Gasteiger partial charge < -0.3 is 29.2 Å². The van der Waals surface area contributed by atoms with Gasteiger partial charge in [0.15, 0.2) is 0 Å². The number of fused-ring (bicyclic) bond motifs is 1. The molecule has 0 amide bonds. The molecule has 2 heterocycles. The molecular weight excluding hydrogens is 486 g/mol. The van der Waals surface area contributed by atoms with E-state index in [1.54, 1.807) is 19.4 Å². The lowest BCUT2D eigenvalue weighted by Crippen LogP contribution is -2.32. The second-order valence-corrected chi connectivity index (χ2v) is 9.08. The summed E-state index contributed by atoms with van der Waals surface area (Å²) in [5.41, 5.74) is 3.63. The summed E-state index contributed by atoms with van der Waals surface area (Å²) in [6, 6.07) is 13.1. The predicted octanol–water partition coefficient (Wildman–Crippen LogP) is 4.31. The zero-order valence-corrected chi connectivity index (χ0v) is 22.3. The second kappa shape index (κ2) is 11.9. The van der Waals surface area contributed by atoms with E-state index in [1.165, 1.54) is 13.2 Å². The van der Waals surface area contributed by atoms with Gasteiger partial charge in [-0.1, -0.05) is 18.2 Å². The molecule has 0 aliphatic carbocycles. The Hall–Kier alpha value is -4.22. The molecule has 1 N–H and O–H groups in total. The number of nitro benzene ring substituents is 1. The molecule has 0 saturated carbocycles. The lowest BCUT2D eigenvalue weighted by Gasteiger charge is -2.24. The quantitative estimate of drug-likeness (QED) is 0.216. The van der Waals surface area contributed by atoms with Gasteiger partial charge in [-0.15, -0.1) is 0 Å². The van der Waals surface area contributed by atoms with Crippen LogP contribution >= 0.6 is 0 Å². The maximum atomic E-state index is 12.0. The van der Waals surface area contributed by atoms with Crippen LogP contribution in [0.5, 0.6) is 5.75 Å². The van der Waals surface area contributed by atoms with Crippen molar-refractivity contribution >= 4 is 33.9 Å². The molecule has 0 atom stereocenters. The summed E-state index contributed by atoms with van der Waals surface area (Å²) < 4.78 is 12.8. The van der Waals surface area contributed by atoms with E-state index in [1.807, 2.05) is 50.4 Å². The molecule has 2 aromatic carbocycles. The van der Waals surface area contributed by atoms with E-state index in [0.717, 1.165) is 28.7 Å². The molecule has 0 bridgehead atoms. The average molecular weight is 520 g/mol. The average Bonchev–Trinajstić information content (AvgIpc) is 3.26. The van der Waals surface area contributed by atoms with Crippen molar-refractivity contribution in [1.82, 2.24) is 19.4 Å². The molecule has 200 valence electrons. The molecule has 0 aliphatic heterocycles. The molecule has 0 fully saturated rings. The highest BCUT2D eigenvalue weighted by molar-refractivity contribution is 5.95. The number of methoxy groups -OCH3 is 2. The number of hydrogen-bond donors (Lipinski definition) is 1. The van der Waals surface area contributed by atoms with E-state index >= 15 is 0 Å². The first-order valence-electron chi connectivity index (χ1n) is 12.2. The molecule has 0 radical (unpaired) electrons. The minimum absolute atomic E-state index is 0.0412. The van der Waals surface area contributed by atoms with Gasteiger partial charge in [0.05, 0.1) is 30.0 Å². The SMILES string of the molecule is COCCN(C)CCN(C)c1cc(OC)c(Nc2nccc(-c3cn(C)c4ccccc34)n2)cc1[N+](=O)[O-]. The van der Waals surface area contributed by atoms with Crippen molar-refractivity contribution in [2.75, 3.05) is 64.8 Å². The standard InChI is InChI=1S/C27H33N7O4/c1-31(14-15-37-4)12-13-32(2)24-17-26(38-5)22(16-25(24)34(35)36)30-27-28-11-10-21(29-27)20-18-33(3)23-9-7-6-8-19(20)23/h6-11,16-18H,12-15H2,1-5H3,(H,28,29,30). The van der Waals surface area contributed by atoms with Gasteiger partial charge in [-0.2, -0.15) is 0 Å². The predicted molar refractivity (Wildman–Crippen MR) is 150 cm³/mol. The highest BCUT2D eigenvalue weighted by Crippen LogP contribution is 2.39. The van der Waals surface area contributed by atoms with Crippen LogP contribution in [0.1, 0.15) is 0 Å². The number of anilines is 3. The van der Waals surface area contributed by atoms with Crippen LogP contribution in [0, 0.1) is 10.1 Å². The lowest BCUT2D eigenvalue weighted by atomic mass is 10.1. The van der Waals surface area contributed by atoms with Crippen LogP contribution in [-0.2, 0) is 11.8 Å². The van der Waals surface area contributed by atoms with E-state index < -0.39 is 4.92 Å². The third-order valence-electron chi connectivity index (χ3n) is 6.47. The molecule has 38 heavy (non-hydrogen) atoms. The van der Waals surface area contributed by atoms with E-state index in [-0.39, 0.29) is 5.69 Å².